The van der Waals surface area contributed by atoms with Crippen LogP contribution in [0.3, 0.4) is 0 Å². The fourth-order valence-electron chi connectivity index (χ4n) is 2.23. The fraction of sp³-hybridized carbons (Fsp3) is 0.500. The summed E-state index contributed by atoms with van der Waals surface area (Å²) in [5, 5.41) is 13.8. The van der Waals surface area contributed by atoms with E-state index in [-0.39, 0.29) is 5.75 Å². The zero-order chi connectivity index (χ0) is 11.7. The van der Waals surface area contributed by atoms with Gasteiger partial charge in [-0.1, -0.05) is 0 Å². The predicted molar refractivity (Wildman–Crippen MR) is 68.4 cm³/mol. The highest BCUT2D eigenvalue weighted by atomic mass is 32.2. The summed E-state index contributed by atoms with van der Waals surface area (Å²) in [4.78, 5) is 4.48. The lowest BCUT2D eigenvalue weighted by Gasteiger charge is -2.19. The Morgan fingerprint density at radius 1 is 1.47 bits per heavy atom. The Kier molecular flexibility index (Phi) is 2.93. The molecule has 90 valence electrons. The van der Waals surface area contributed by atoms with Gasteiger partial charge in [-0.2, -0.15) is 16.9 Å². The van der Waals surface area contributed by atoms with Gasteiger partial charge in [0.15, 0.2) is 11.5 Å². The first kappa shape index (κ1) is 10.9. The summed E-state index contributed by atoms with van der Waals surface area (Å²) in [6, 6.07) is 3.44. The van der Waals surface area contributed by atoms with E-state index in [4.69, 9.17) is 0 Å². The number of aromatic nitrogens is 3. The molecule has 1 atom stereocenters. The summed E-state index contributed by atoms with van der Waals surface area (Å²) in [6.07, 6.45) is 5.15. The van der Waals surface area contributed by atoms with Crippen LogP contribution in [0.5, 0.6) is 5.75 Å². The molecule has 0 saturated carbocycles. The smallest absolute Gasteiger partial charge is 0.155 e. The van der Waals surface area contributed by atoms with Crippen molar-refractivity contribution in [3.05, 3.63) is 24.2 Å². The van der Waals surface area contributed by atoms with E-state index in [2.05, 4.69) is 10.1 Å². The van der Waals surface area contributed by atoms with E-state index < -0.39 is 0 Å². The lowest BCUT2D eigenvalue weighted by Crippen LogP contribution is -2.13. The Morgan fingerprint density at radius 2 is 2.41 bits per heavy atom. The molecule has 0 aliphatic carbocycles. The van der Waals surface area contributed by atoms with Crippen LogP contribution in [0.15, 0.2) is 18.3 Å². The number of aromatic hydroxyl groups is 1. The molecule has 0 aromatic carbocycles. The molecular formula is C12H15N3OS. The Balaban J connectivity index is 1.80. The monoisotopic (exact) mass is 249 g/mol. The van der Waals surface area contributed by atoms with Crippen molar-refractivity contribution in [2.75, 3.05) is 11.5 Å². The van der Waals surface area contributed by atoms with E-state index in [1.807, 2.05) is 11.8 Å². The zero-order valence-electron chi connectivity index (χ0n) is 9.54. The first-order valence-electron chi connectivity index (χ1n) is 5.93. The average molecular weight is 249 g/mol. The highest BCUT2D eigenvalue weighted by Crippen LogP contribution is 2.25. The summed E-state index contributed by atoms with van der Waals surface area (Å²) in [6.45, 7) is 0. The maximum absolute atomic E-state index is 9.37. The first-order chi connectivity index (χ1) is 8.31. The maximum atomic E-state index is 9.37. The average Bonchev–Trinajstić information content (AvgIpc) is 2.71. The van der Waals surface area contributed by atoms with Crippen LogP contribution >= 0.6 is 11.8 Å². The SMILES string of the molecule is Oc1ccc2nc(CC3CCCSC3)nn2c1. The summed E-state index contributed by atoms with van der Waals surface area (Å²) in [5.41, 5.74) is 0.807. The summed E-state index contributed by atoms with van der Waals surface area (Å²) < 4.78 is 1.65. The van der Waals surface area contributed by atoms with E-state index in [1.54, 1.807) is 22.8 Å². The van der Waals surface area contributed by atoms with Gasteiger partial charge >= 0.3 is 0 Å². The summed E-state index contributed by atoms with van der Waals surface area (Å²) >= 11 is 2.03. The molecular weight excluding hydrogens is 234 g/mol. The topological polar surface area (TPSA) is 50.4 Å². The van der Waals surface area contributed by atoms with Crippen molar-refractivity contribution in [1.82, 2.24) is 14.6 Å². The molecule has 1 unspecified atom stereocenters. The van der Waals surface area contributed by atoms with Gasteiger partial charge in [0, 0.05) is 6.42 Å². The number of hydrogen-bond donors (Lipinski definition) is 1. The quantitative estimate of drug-likeness (QED) is 0.885. The van der Waals surface area contributed by atoms with Gasteiger partial charge in [-0.3, -0.25) is 0 Å². The van der Waals surface area contributed by atoms with Crippen molar-refractivity contribution in [2.45, 2.75) is 19.3 Å². The minimum absolute atomic E-state index is 0.224. The van der Waals surface area contributed by atoms with E-state index in [0.717, 1.165) is 17.9 Å². The minimum atomic E-state index is 0.224. The zero-order valence-corrected chi connectivity index (χ0v) is 10.4. The summed E-state index contributed by atoms with van der Waals surface area (Å²) in [5.74, 6) is 4.34. The molecule has 0 radical (unpaired) electrons. The second-order valence-electron chi connectivity index (χ2n) is 4.51. The molecule has 5 heteroatoms. The number of rotatable bonds is 2. The largest absolute Gasteiger partial charge is 0.506 e. The van der Waals surface area contributed by atoms with Gasteiger partial charge < -0.3 is 5.11 Å². The molecule has 17 heavy (non-hydrogen) atoms. The fourth-order valence-corrected chi connectivity index (χ4v) is 3.39. The minimum Gasteiger partial charge on any atom is -0.506 e. The molecule has 4 nitrogen and oxygen atoms in total. The van der Waals surface area contributed by atoms with Gasteiger partial charge in [0.25, 0.3) is 0 Å². The highest BCUT2D eigenvalue weighted by molar-refractivity contribution is 7.99. The molecule has 2 aromatic rings. The van der Waals surface area contributed by atoms with Crippen LogP contribution in [-0.4, -0.2) is 31.2 Å². The number of fused-ring (bicyclic) bond motifs is 1. The van der Waals surface area contributed by atoms with Gasteiger partial charge in [0.2, 0.25) is 0 Å². The molecule has 1 aliphatic heterocycles. The van der Waals surface area contributed by atoms with Crippen LogP contribution in [0, 0.1) is 5.92 Å². The van der Waals surface area contributed by atoms with E-state index in [0.29, 0.717) is 5.92 Å². The molecule has 0 bridgehead atoms. The van der Waals surface area contributed by atoms with Gasteiger partial charge in [0.05, 0.1) is 6.20 Å². The Morgan fingerprint density at radius 3 is 3.24 bits per heavy atom. The van der Waals surface area contributed by atoms with Crippen LogP contribution in [0.1, 0.15) is 18.7 Å². The van der Waals surface area contributed by atoms with Crippen LogP contribution in [0.25, 0.3) is 5.65 Å². The van der Waals surface area contributed by atoms with Crippen LogP contribution < -0.4 is 0 Å². The van der Waals surface area contributed by atoms with E-state index in [9.17, 15) is 5.11 Å². The molecule has 1 fully saturated rings. The van der Waals surface area contributed by atoms with Crippen molar-refractivity contribution < 1.29 is 5.11 Å². The second-order valence-corrected chi connectivity index (χ2v) is 5.66. The van der Waals surface area contributed by atoms with Crippen LogP contribution in [0.4, 0.5) is 0 Å². The van der Waals surface area contributed by atoms with E-state index in [1.165, 1.54) is 24.3 Å². The lowest BCUT2D eigenvalue weighted by molar-refractivity contribution is 0.470. The Labute approximate surface area is 104 Å². The second kappa shape index (κ2) is 4.56. The van der Waals surface area contributed by atoms with Crippen molar-refractivity contribution >= 4 is 17.4 Å². The Hall–Kier alpha value is -1.23. The molecule has 1 aliphatic rings. The third kappa shape index (κ3) is 2.39. The molecule has 2 aromatic heterocycles. The summed E-state index contributed by atoms with van der Waals surface area (Å²) in [7, 11) is 0. The van der Waals surface area contributed by atoms with Gasteiger partial charge in [-0.05, 0) is 42.4 Å². The van der Waals surface area contributed by atoms with Gasteiger partial charge in [-0.25, -0.2) is 9.50 Å². The molecule has 0 amide bonds. The van der Waals surface area contributed by atoms with Crippen LogP contribution in [0.2, 0.25) is 0 Å². The molecule has 3 rings (SSSR count). The molecule has 0 spiro atoms. The lowest BCUT2D eigenvalue weighted by atomic mass is 10.0. The molecule has 1 N–H and O–H groups in total. The Bertz CT molecular complexity index is 519. The number of hydrogen-bond acceptors (Lipinski definition) is 4. The third-order valence-corrected chi connectivity index (χ3v) is 4.37. The number of thioether (sulfide) groups is 1. The van der Waals surface area contributed by atoms with Crippen molar-refractivity contribution in [1.29, 1.82) is 0 Å². The predicted octanol–water partition coefficient (Wildman–Crippen LogP) is 2.12. The van der Waals surface area contributed by atoms with Crippen molar-refractivity contribution in [3.8, 4) is 5.75 Å². The van der Waals surface area contributed by atoms with Gasteiger partial charge in [0.1, 0.15) is 5.75 Å². The third-order valence-electron chi connectivity index (χ3n) is 3.09. The molecule has 1 saturated heterocycles. The van der Waals surface area contributed by atoms with Crippen molar-refractivity contribution in [3.63, 3.8) is 0 Å². The first-order valence-corrected chi connectivity index (χ1v) is 7.09. The normalized spacial score (nSPS) is 20.8. The van der Waals surface area contributed by atoms with E-state index >= 15 is 0 Å². The van der Waals surface area contributed by atoms with Crippen molar-refractivity contribution in [2.24, 2.45) is 5.92 Å². The number of pyridine rings is 1. The van der Waals surface area contributed by atoms with Crippen LogP contribution in [-0.2, 0) is 6.42 Å². The molecule has 3 heterocycles. The maximum Gasteiger partial charge on any atom is 0.155 e. The number of nitrogens with zero attached hydrogens (tertiary/aromatic N) is 3. The van der Waals surface area contributed by atoms with Gasteiger partial charge in [-0.15, -0.1) is 0 Å². The standard InChI is InChI=1S/C12H15N3OS/c16-10-3-4-12-13-11(14-15(12)7-10)6-9-2-1-5-17-8-9/h3-4,7,9,16H,1-2,5-6,8H2. The highest BCUT2D eigenvalue weighted by Gasteiger charge is 2.16.